The van der Waals surface area contributed by atoms with Gasteiger partial charge in [0.1, 0.15) is 11.8 Å². The third kappa shape index (κ3) is 3.58. The number of phenols is 1. The highest BCUT2D eigenvalue weighted by molar-refractivity contribution is 6.05. The Balaban J connectivity index is 1.60. The van der Waals surface area contributed by atoms with Crippen molar-refractivity contribution in [3.8, 4) is 17.1 Å². The van der Waals surface area contributed by atoms with Crippen molar-refractivity contribution in [1.29, 1.82) is 0 Å². The van der Waals surface area contributed by atoms with Crippen LogP contribution >= 0.6 is 0 Å². The molecule has 1 unspecified atom stereocenters. The number of hydrogen-bond donors (Lipinski definition) is 3. The van der Waals surface area contributed by atoms with Crippen LogP contribution in [0.25, 0.3) is 11.4 Å². The number of aromatic nitrogens is 4. The zero-order valence-corrected chi connectivity index (χ0v) is 17.2. The topological polar surface area (TPSA) is 105 Å². The first-order valence-corrected chi connectivity index (χ1v) is 10.1. The quantitative estimate of drug-likeness (QED) is 0.458. The normalized spacial score (nSPS) is 15.1. The molecule has 3 N–H and O–H groups in total. The Morgan fingerprint density at radius 2 is 1.94 bits per heavy atom. The van der Waals surface area contributed by atoms with E-state index in [0.29, 0.717) is 34.3 Å². The van der Waals surface area contributed by atoms with Crippen molar-refractivity contribution < 1.29 is 9.90 Å². The fourth-order valence-electron chi connectivity index (χ4n) is 3.79. The van der Waals surface area contributed by atoms with Crippen LogP contribution < -0.4 is 10.6 Å². The maximum Gasteiger partial charge on any atom is 0.255 e. The molecule has 0 bridgehead atoms. The van der Waals surface area contributed by atoms with Gasteiger partial charge in [0.2, 0.25) is 5.95 Å². The SMILES string of the molecule is CC1=C(C(=O)Nc2cccnc2)C(c2ccccc2)n2nc(-c3cccc(O)c3)nc2N1. The summed E-state index contributed by atoms with van der Waals surface area (Å²) in [5, 5.41) is 20.7. The number of pyridine rings is 1. The van der Waals surface area contributed by atoms with E-state index < -0.39 is 6.04 Å². The molecule has 32 heavy (non-hydrogen) atoms. The minimum atomic E-state index is -0.484. The number of nitrogens with one attached hydrogen (secondary N) is 2. The first kappa shape index (κ1) is 19.5. The lowest BCUT2D eigenvalue weighted by atomic mass is 9.95. The molecule has 0 saturated heterocycles. The van der Waals surface area contributed by atoms with Gasteiger partial charge in [-0.1, -0.05) is 42.5 Å². The molecule has 1 aliphatic rings. The van der Waals surface area contributed by atoms with Gasteiger partial charge in [0.05, 0.1) is 17.5 Å². The fourth-order valence-corrected chi connectivity index (χ4v) is 3.79. The lowest BCUT2D eigenvalue weighted by Gasteiger charge is -2.28. The second-order valence-corrected chi connectivity index (χ2v) is 7.43. The van der Waals surface area contributed by atoms with Crippen LogP contribution in [0.4, 0.5) is 11.6 Å². The molecule has 1 aliphatic heterocycles. The number of amides is 1. The van der Waals surface area contributed by atoms with E-state index in [9.17, 15) is 9.90 Å². The smallest absolute Gasteiger partial charge is 0.255 e. The Labute approximate surface area is 184 Å². The molecule has 8 nitrogen and oxygen atoms in total. The highest BCUT2D eigenvalue weighted by atomic mass is 16.3. The van der Waals surface area contributed by atoms with Crippen LogP contribution in [-0.4, -0.2) is 30.8 Å². The second kappa shape index (κ2) is 7.99. The largest absolute Gasteiger partial charge is 0.508 e. The molecule has 0 saturated carbocycles. The maximum absolute atomic E-state index is 13.4. The van der Waals surface area contributed by atoms with Gasteiger partial charge in [0.15, 0.2) is 5.82 Å². The molecule has 5 rings (SSSR count). The van der Waals surface area contributed by atoms with Gasteiger partial charge in [-0.3, -0.25) is 9.78 Å². The van der Waals surface area contributed by atoms with Gasteiger partial charge < -0.3 is 15.7 Å². The molecule has 1 atom stereocenters. The van der Waals surface area contributed by atoms with E-state index in [1.165, 1.54) is 0 Å². The van der Waals surface area contributed by atoms with Crippen LogP contribution in [0.2, 0.25) is 0 Å². The zero-order chi connectivity index (χ0) is 22.1. The predicted molar refractivity (Wildman–Crippen MR) is 121 cm³/mol. The molecule has 158 valence electrons. The highest BCUT2D eigenvalue weighted by Crippen LogP contribution is 2.36. The summed E-state index contributed by atoms with van der Waals surface area (Å²) in [6, 6.07) is 19.5. The van der Waals surface area contributed by atoms with Crippen LogP contribution in [0.15, 0.2) is 90.4 Å². The minimum Gasteiger partial charge on any atom is -0.508 e. The van der Waals surface area contributed by atoms with Crippen LogP contribution in [0.1, 0.15) is 18.5 Å². The van der Waals surface area contributed by atoms with E-state index in [1.807, 2.05) is 43.3 Å². The molecule has 0 radical (unpaired) electrons. The molecule has 0 spiro atoms. The molecule has 2 aromatic heterocycles. The van der Waals surface area contributed by atoms with Crippen LogP contribution in [-0.2, 0) is 4.79 Å². The summed E-state index contributed by atoms with van der Waals surface area (Å²) >= 11 is 0. The fraction of sp³-hybridized carbons (Fsp3) is 0.0833. The number of fused-ring (bicyclic) bond motifs is 1. The molecule has 8 heteroatoms. The molecule has 1 amide bonds. The van der Waals surface area contributed by atoms with Crippen LogP contribution in [0, 0.1) is 0 Å². The summed E-state index contributed by atoms with van der Waals surface area (Å²) in [6.45, 7) is 1.85. The van der Waals surface area contributed by atoms with Crippen molar-refractivity contribution in [1.82, 2.24) is 19.7 Å². The van der Waals surface area contributed by atoms with Gasteiger partial charge in [-0.05, 0) is 36.8 Å². The number of hydrogen-bond acceptors (Lipinski definition) is 6. The number of benzene rings is 2. The summed E-state index contributed by atoms with van der Waals surface area (Å²) in [6.07, 6.45) is 3.25. The summed E-state index contributed by atoms with van der Waals surface area (Å²) < 4.78 is 1.71. The zero-order valence-electron chi connectivity index (χ0n) is 17.2. The van der Waals surface area contributed by atoms with Gasteiger partial charge in [0, 0.05) is 17.5 Å². The molecule has 0 aliphatic carbocycles. The summed E-state index contributed by atoms with van der Waals surface area (Å²) in [7, 11) is 0. The van der Waals surface area contributed by atoms with E-state index in [0.717, 1.165) is 5.56 Å². The third-order valence-electron chi connectivity index (χ3n) is 5.24. The van der Waals surface area contributed by atoms with E-state index in [1.54, 1.807) is 47.4 Å². The Hall–Kier alpha value is -4.46. The number of anilines is 2. The van der Waals surface area contributed by atoms with E-state index in [2.05, 4.69) is 20.6 Å². The number of phenolic OH excluding ortho intramolecular Hbond substituents is 1. The van der Waals surface area contributed by atoms with E-state index >= 15 is 0 Å². The lowest BCUT2D eigenvalue weighted by molar-refractivity contribution is -0.113. The monoisotopic (exact) mass is 424 g/mol. The minimum absolute atomic E-state index is 0.133. The number of nitrogens with zero attached hydrogens (tertiary/aromatic N) is 4. The van der Waals surface area contributed by atoms with E-state index in [4.69, 9.17) is 5.10 Å². The average molecular weight is 424 g/mol. The van der Waals surface area contributed by atoms with Gasteiger partial charge in [-0.25, -0.2) is 4.68 Å². The summed E-state index contributed by atoms with van der Waals surface area (Å²) in [5.41, 5.74) is 3.40. The number of carbonyl (C=O) groups excluding carboxylic acids is 1. The Morgan fingerprint density at radius 3 is 2.69 bits per heavy atom. The van der Waals surface area contributed by atoms with Gasteiger partial charge in [-0.2, -0.15) is 4.98 Å². The Bertz CT molecular complexity index is 1310. The van der Waals surface area contributed by atoms with E-state index in [-0.39, 0.29) is 11.7 Å². The lowest BCUT2D eigenvalue weighted by Crippen LogP contribution is -2.31. The maximum atomic E-state index is 13.4. The molecule has 2 aromatic carbocycles. The summed E-state index contributed by atoms with van der Waals surface area (Å²) in [4.78, 5) is 22.0. The summed E-state index contributed by atoms with van der Waals surface area (Å²) in [5.74, 6) is 0.851. The van der Waals surface area contributed by atoms with Crippen LogP contribution in [0.5, 0.6) is 5.75 Å². The molecule has 0 fully saturated rings. The first-order valence-electron chi connectivity index (χ1n) is 10.1. The van der Waals surface area contributed by atoms with Crippen LogP contribution in [0.3, 0.4) is 0 Å². The number of aromatic hydroxyl groups is 1. The van der Waals surface area contributed by atoms with Gasteiger partial charge >= 0.3 is 0 Å². The van der Waals surface area contributed by atoms with Crippen molar-refractivity contribution in [3.63, 3.8) is 0 Å². The van der Waals surface area contributed by atoms with Crippen molar-refractivity contribution >= 4 is 17.5 Å². The van der Waals surface area contributed by atoms with Gasteiger partial charge in [0.25, 0.3) is 5.91 Å². The average Bonchev–Trinajstić information content (AvgIpc) is 3.23. The Morgan fingerprint density at radius 1 is 1.09 bits per heavy atom. The third-order valence-corrected chi connectivity index (χ3v) is 5.24. The number of rotatable bonds is 4. The number of allylic oxidation sites excluding steroid dienone is 1. The predicted octanol–water partition coefficient (Wildman–Crippen LogP) is 3.97. The molecular weight excluding hydrogens is 404 g/mol. The molecular formula is C24H20N6O2. The first-order chi connectivity index (χ1) is 15.6. The Kier molecular flexibility index (Phi) is 4.87. The van der Waals surface area contributed by atoms with Crippen molar-refractivity contribution in [2.24, 2.45) is 0 Å². The molecule has 3 heterocycles. The van der Waals surface area contributed by atoms with Gasteiger partial charge in [-0.15, -0.1) is 5.10 Å². The number of carbonyl (C=O) groups is 1. The van der Waals surface area contributed by atoms with Crippen molar-refractivity contribution in [3.05, 3.63) is 96.0 Å². The van der Waals surface area contributed by atoms with Crippen molar-refractivity contribution in [2.45, 2.75) is 13.0 Å². The second-order valence-electron chi connectivity index (χ2n) is 7.43. The van der Waals surface area contributed by atoms with Crippen molar-refractivity contribution in [2.75, 3.05) is 10.6 Å². The molecule has 4 aromatic rings. The standard InChI is InChI=1S/C24H20N6O2/c1-15-20(23(32)27-18-10-6-12-25-14-18)21(16-7-3-2-4-8-16)30-24(26-15)28-22(29-30)17-9-5-11-19(31)13-17/h2-14,21,31H,1H3,(H,27,32)(H,26,28,29). The highest BCUT2D eigenvalue weighted by Gasteiger charge is 2.34.